The summed E-state index contributed by atoms with van der Waals surface area (Å²) in [6.07, 6.45) is 1.38. The SMILES string of the molecule is CCCCOc1ccc(CN2C(=O)N(Cc3ccc(OCCCC)cc3)[C@H](Cc3ccc(OC[P+]4(OCC)OC(C)O4)cc3)[C@H](O)[C@@H](O)C2c2ccc(OC)cc2)cc1. The van der Waals surface area contributed by atoms with Gasteiger partial charge in [0.05, 0.1) is 39.0 Å². The number of methoxy groups -OCH3 is 1. The van der Waals surface area contributed by atoms with Crippen LogP contribution in [0.1, 0.15) is 81.7 Å². The Hall–Kier alpha value is -4.42. The maximum atomic E-state index is 15.3. The van der Waals surface area contributed by atoms with Crippen molar-refractivity contribution in [3.8, 4) is 23.0 Å². The molecule has 2 aliphatic heterocycles. The van der Waals surface area contributed by atoms with Crippen LogP contribution >= 0.6 is 7.94 Å². The second-order valence-electron chi connectivity index (χ2n) is 14.9. The minimum atomic E-state index is -2.54. The molecule has 0 aromatic heterocycles. The molecule has 2 N–H and O–H groups in total. The van der Waals surface area contributed by atoms with Gasteiger partial charge in [-0.1, -0.05) is 75.2 Å². The van der Waals surface area contributed by atoms with E-state index in [0.29, 0.717) is 36.9 Å². The van der Waals surface area contributed by atoms with E-state index in [9.17, 15) is 10.2 Å². The van der Waals surface area contributed by atoms with Crippen molar-refractivity contribution in [2.45, 2.75) is 103 Å². The maximum absolute atomic E-state index is 15.3. The van der Waals surface area contributed by atoms with Gasteiger partial charge >= 0.3 is 14.0 Å². The van der Waals surface area contributed by atoms with E-state index < -0.39 is 32.2 Å². The summed E-state index contributed by atoms with van der Waals surface area (Å²) in [5, 5.41) is 24.6. The highest BCUT2D eigenvalue weighted by Crippen LogP contribution is 2.70. The molecule has 4 aromatic carbocycles. The van der Waals surface area contributed by atoms with Gasteiger partial charge in [-0.2, -0.15) is 4.52 Å². The largest absolute Gasteiger partial charge is 0.497 e. The lowest BCUT2D eigenvalue weighted by Gasteiger charge is -2.36. The van der Waals surface area contributed by atoms with Gasteiger partial charge in [-0.05, 0) is 104 Å². The fourth-order valence-electron chi connectivity index (χ4n) is 7.35. The van der Waals surface area contributed by atoms with Crippen molar-refractivity contribution in [2.24, 2.45) is 0 Å². The van der Waals surface area contributed by atoms with E-state index in [1.165, 1.54) is 0 Å². The Morgan fingerprint density at radius 3 is 1.63 bits per heavy atom. The van der Waals surface area contributed by atoms with Gasteiger partial charge in [-0.3, -0.25) is 0 Å². The van der Waals surface area contributed by atoms with Crippen molar-refractivity contribution < 1.29 is 47.5 Å². The smallest absolute Gasteiger partial charge is 0.457 e. The first-order valence-electron chi connectivity index (χ1n) is 20.8. The zero-order chi connectivity index (χ0) is 41.8. The van der Waals surface area contributed by atoms with Gasteiger partial charge in [0, 0.05) is 13.1 Å². The summed E-state index contributed by atoms with van der Waals surface area (Å²) in [6, 6.07) is 28.2. The molecule has 59 heavy (non-hydrogen) atoms. The number of aliphatic hydroxyl groups excluding tert-OH is 2. The third kappa shape index (κ3) is 11.4. The van der Waals surface area contributed by atoms with Crippen LogP contribution in [-0.2, 0) is 33.1 Å². The monoisotopic (exact) mass is 831 g/mol. The third-order valence-corrected chi connectivity index (χ3v) is 12.9. The highest BCUT2D eigenvalue weighted by Gasteiger charge is 2.60. The van der Waals surface area contributed by atoms with E-state index >= 15 is 4.79 Å². The van der Waals surface area contributed by atoms with Crippen LogP contribution < -0.4 is 18.9 Å². The molecule has 318 valence electrons. The highest BCUT2D eigenvalue weighted by atomic mass is 31.2. The molecule has 13 heteroatoms. The Bertz CT molecular complexity index is 1870. The molecule has 0 bridgehead atoms. The summed E-state index contributed by atoms with van der Waals surface area (Å²) in [7, 11) is -0.951. The minimum absolute atomic E-state index is 0.153. The first-order chi connectivity index (χ1) is 28.6. The molecular weight excluding hydrogens is 771 g/mol. The number of carbonyl (C=O) groups excluding carboxylic acids is 1. The predicted molar refractivity (Wildman–Crippen MR) is 228 cm³/mol. The standard InChI is InChI=1S/C46H60N2O10P/c1-6-9-27-53-39-21-13-35(14-22-39)30-47-42(29-34-11-19-41(20-12-34)55-32-59(56-8-3)57-33(4)58-59)44(49)45(50)43(37-17-25-38(52-5)26-18-37)48(46(47)51)31-36-15-23-40(24-16-36)54-28-10-7-2/h11-26,33,42-45,49-50H,6-10,27-32H2,1-5H3/q+1/t33?,42-,43?,44+,45+,59?/m1/s1. The lowest BCUT2D eigenvalue weighted by atomic mass is 9.90. The van der Waals surface area contributed by atoms with E-state index in [1.807, 2.05) is 98.8 Å². The molecule has 0 saturated carbocycles. The van der Waals surface area contributed by atoms with E-state index in [4.69, 9.17) is 32.5 Å². The van der Waals surface area contributed by atoms with Crippen LogP contribution in [0, 0.1) is 0 Å². The fourth-order valence-corrected chi connectivity index (χ4v) is 9.28. The Morgan fingerprint density at radius 1 is 0.644 bits per heavy atom. The van der Waals surface area contributed by atoms with E-state index in [0.717, 1.165) is 53.9 Å². The first kappa shape index (κ1) is 44.1. The molecule has 0 spiro atoms. The summed E-state index contributed by atoms with van der Waals surface area (Å²) >= 11 is 0. The molecule has 6 rings (SSSR count). The average Bonchev–Trinajstić information content (AvgIpc) is 3.30. The van der Waals surface area contributed by atoms with Gasteiger partial charge in [0.1, 0.15) is 35.2 Å². The lowest BCUT2D eigenvalue weighted by molar-refractivity contribution is -0.109. The molecule has 2 heterocycles. The summed E-state index contributed by atoms with van der Waals surface area (Å²) in [5.74, 6) is 2.74. The first-order valence-corrected chi connectivity index (χ1v) is 22.5. The van der Waals surface area contributed by atoms with Crippen molar-refractivity contribution in [2.75, 3.05) is 33.3 Å². The van der Waals surface area contributed by atoms with Crippen molar-refractivity contribution in [3.05, 3.63) is 119 Å². The van der Waals surface area contributed by atoms with Crippen LogP contribution in [0.2, 0.25) is 0 Å². The van der Waals surface area contributed by atoms with Gasteiger partial charge in [-0.15, -0.1) is 9.05 Å². The Kier molecular flexibility index (Phi) is 15.9. The number of urea groups is 1. The average molecular weight is 832 g/mol. The number of ether oxygens (including phenoxy) is 4. The van der Waals surface area contributed by atoms with Crippen LogP contribution in [0.25, 0.3) is 0 Å². The number of unbranched alkanes of at least 4 members (excludes halogenated alkanes) is 2. The molecule has 4 aromatic rings. The summed E-state index contributed by atoms with van der Waals surface area (Å²) in [5.41, 5.74) is 3.22. The van der Waals surface area contributed by atoms with Crippen LogP contribution in [0.4, 0.5) is 4.79 Å². The van der Waals surface area contributed by atoms with Crippen LogP contribution in [-0.4, -0.2) is 83.9 Å². The minimum Gasteiger partial charge on any atom is -0.497 e. The number of nitrogens with zero attached hydrogens (tertiary/aromatic N) is 2. The second-order valence-corrected chi connectivity index (χ2v) is 17.1. The van der Waals surface area contributed by atoms with Crippen LogP contribution in [0.3, 0.4) is 0 Å². The molecule has 0 aliphatic carbocycles. The van der Waals surface area contributed by atoms with Crippen molar-refractivity contribution in [1.82, 2.24) is 9.80 Å². The van der Waals surface area contributed by atoms with Crippen molar-refractivity contribution >= 4 is 14.0 Å². The molecule has 2 fully saturated rings. The van der Waals surface area contributed by atoms with E-state index in [-0.39, 0.29) is 38.2 Å². The fraction of sp³-hybridized carbons (Fsp3) is 0.457. The molecule has 2 saturated heterocycles. The molecule has 0 radical (unpaired) electrons. The van der Waals surface area contributed by atoms with Gasteiger partial charge < -0.3 is 39.0 Å². The number of amides is 2. The summed E-state index contributed by atoms with van der Waals surface area (Å²) < 4.78 is 40.7. The van der Waals surface area contributed by atoms with Crippen LogP contribution in [0.5, 0.6) is 23.0 Å². The van der Waals surface area contributed by atoms with Gasteiger partial charge in [-0.25, -0.2) is 4.79 Å². The number of aliphatic hydroxyl groups is 2. The maximum Gasteiger partial charge on any atom is 0.457 e. The van der Waals surface area contributed by atoms with Crippen molar-refractivity contribution in [3.63, 3.8) is 0 Å². The lowest BCUT2D eigenvalue weighted by Crippen LogP contribution is -2.50. The van der Waals surface area contributed by atoms with Gasteiger partial charge in [0.15, 0.2) is 0 Å². The zero-order valence-electron chi connectivity index (χ0n) is 34.9. The van der Waals surface area contributed by atoms with Gasteiger partial charge in [0.25, 0.3) is 12.6 Å². The normalized spacial score (nSPS) is 23.0. The number of benzene rings is 4. The quantitative estimate of drug-likeness (QED) is 0.0620. The van der Waals surface area contributed by atoms with Gasteiger partial charge in [0.2, 0.25) is 0 Å². The Morgan fingerprint density at radius 2 is 1.14 bits per heavy atom. The number of hydrogen-bond acceptors (Lipinski definition) is 10. The number of rotatable bonds is 21. The molecule has 2 aliphatic rings. The molecule has 2 amide bonds. The van der Waals surface area contributed by atoms with Crippen LogP contribution in [0.15, 0.2) is 97.1 Å². The molecule has 4 atom stereocenters. The number of hydrogen-bond donors (Lipinski definition) is 2. The van der Waals surface area contributed by atoms with E-state index in [2.05, 4.69) is 13.8 Å². The Labute approximate surface area is 349 Å². The Balaban J connectivity index is 1.32. The van der Waals surface area contributed by atoms with E-state index in [1.54, 1.807) is 29.0 Å². The zero-order valence-corrected chi connectivity index (χ0v) is 35.8. The molecule has 12 nitrogen and oxygen atoms in total. The molecular formula is C46H60N2O10P+. The predicted octanol–water partition coefficient (Wildman–Crippen LogP) is 9.09. The summed E-state index contributed by atoms with van der Waals surface area (Å²) in [6.45, 7) is 10.00. The molecule has 1 unspecified atom stereocenters. The second kappa shape index (κ2) is 21.2. The van der Waals surface area contributed by atoms with Crippen molar-refractivity contribution in [1.29, 1.82) is 0 Å². The number of carbonyl (C=O) groups is 1. The third-order valence-electron chi connectivity index (χ3n) is 10.5. The summed E-state index contributed by atoms with van der Waals surface area (Å²) in [4.78, 5) is 18.6. The highest BCUT2D eigenvalue weighted by molar-refractivity contribution is 7.62. The topological polar surface area (TPSA) is 129 Å².